The first-order valence-electron chi connectivity index (χ1n) is 7.16. The lowest BCUT2D eigenvalue weighted by Gasteiger charge is -2.31. The van der Waals surface area contributed by atoms with Crippen LogP contribution in [0.15, 0.2) is 5.16 Å². The molecule has 6 heteroatoms. The van der Waals surface area contributed by atoms with Crippen LogP contribution < -0.4 is 0 Å². The van der Waals surface area contributed by atoms with Crippen molar-refractivity contribution in [3.05, 3.63) is 0 Å². The van der Waals surface area contributed by atoms with Crippen LogP contribution in [0, 0.1) is 23.2 Å². The Morgan fingerprint density at radius 3 is 2.89 bits per heavy atom. The third-order valence-corrected chi connectivity index (χ3v) is 5.56. The highest BCUT2D eigenvalue weighted by Crippen LogP contribution is 2.42. The van der Waals surface area contributed by atoms with Crippen molar-refractivity contribution in [2.24, 2.45) is 11.8 Å². The topological polar surface area (TPSA) is 67.4 Å². The van der Waals surface area contributed by atoms with Gasteiger partial charge in [0.1, 0.15) is 0 Å². The zero-order valence-electron chi connectivity index (χ0n) is 11.2. The van der Waals surface area contributed by atoms with Gasteiger partial charge in [0, 0.05) is 5.25 Å². The molecular formula is C13H19N5S. The fraction of sp³-hybridized carbons (Fsp3) is 0.846. The Hall–Kier alpha value is -1.09. The van der Waals surface area contributed by atoms with Crippen LogP contribution in [0.25, 0.3) is 0 Å². The van der Waals surface area contributed by atoms with E-state index in [1.54, 1.807) is 11.8 Å². The summed E-state index contributed by atoms with van der Waals surface area (Å²) >= 11 is 1.72. The van der Waals surface area contributed by atoms with E-state index in [2.05, 4.69) is 28.5 Å². The number of rotatable bonds is 4. The SMILES string of the molecule is CCC1CCC(C#N)C(Sc2nnnn2C2CC2)C1. The van der Waals surface area contributed by atoms with Gasteiger partial charge in [0.15, 0.2) is 0 Å². The van der Waals surface area contributed by atoms with Gasteiger partial charge in [-0.15, -0.1) is 5.10 Å². The second kappa shape index (κ2) is 5.49. The average molecular weight is 277 g/mol. The molecule has 1 aromatic rings. The van der Waals surface area contributed by atoms with Gasteiger partial charge in [-0.3, -0.25) is 0 Å². The molecule has 2 fully saturated rings. The van der Waals surface area contributed by atoms with Gasteiger partial charge in [0.25, 0.3) is 0 Å². The minimum absolute atomic E-state index is 0.150. The standard InChI is InChI=1S/C13H19N5S/c1-2-9-3-4-10(8-14)12(7-9)19-13-15-16-17-18(13)11-5-6-11/h9-12H,2-7H2,1H3. The van der Waals surface area contributed by atoms with Crippen molar-refractivity contribution in [2.75, 3.05) is 0 Å². The zero-order valence-corrected chi connectivity index (χ0v) is 12.0. The molecular weight excluding hydrogens is 258 g/mol. The molecule has 0 amide bonds. The first-order valence-corrected chi connectivity index (χ1v) is 8.04. The Balaban J connectivity index is 1.72. The highest BCUT2D eigenvalue weighted by Gasteiger charge is 2.34. The number of aromatic nitrogens is 4. The number of hydrogen-bond acceptors (Lipinski definition) is 5. The summed E-state index contributed by atoms with van der Waals surface area (Å²) in [5.74, 6) is 0.907. The van der Waals surface area contributed by atoms with Crippen LogP contribution in [0.4, 0.5) is 0 Å². The lowest BCUT2D eigenvalue weighted by Crippen LogP contribution is -2.26. The van der Waals surface area contributed by atoms with Crippen LogP contribution in [0.1, 0.15) is 51.5 Å². The molecule has 3 atom stereocenters. The molecule has 2 saturated carbocycles. The van der Waals surface area contributed by atoms with Crippen LogP contribution in [0.2, 0.25) is 0 Å². The summed E-state index contributed by atoms with van der Waals surface area (Å²) in [4.78, 5) is 0. The first-order chi connectivity index (χ1) is 9.31. The Morgan fingerprint density at radius 1 is 1.37 bits per heavy atom. The highest BCUT2D eigenvalue weighted by atomic mass is 32.2. The Morgan fingerprint density at radius 2 is 2.21 bits per heavy atom. The summed E-state index contributed by atoms with van der Waals surface area (Å²) < 4.78 is 1.95. The first kappa shape index (κ1) is 12.9. The third kappa shape index (κ3) is 2.76. The van der Waals surface area contributed by atoms with Crippen LogP contribution in [-0.2, 0) is 0 Å². The van der Waals surface area contributed by atoms with Gasteiger partial charge in [-0.1, -0.05) is 25.1 Å². The van der Waals surface area contributed by atoms with E-state index in [-0.39, 0.29) is 5.92 Å². The lowest BCUT2D eigenvalue weighted by molar-refractivity contribution is 0.316. The molecule has 0 aliphatic heterocycles. The molecule has 102 valence electrons. The Kier molecular flexibility index (Phi) is 3.74. The molecule has 0 spiro atoms. The maximum absolute atomic E-state index is 9.32. The number of nitrogens with zero attached hydrogens (tertiary/aromatic N) is 5. The smallest absolute Gasteiger partial charge is 0.209 e. The predicted octanol–water partition coefficient (Wildman–Crippen LogP) is 2.82. The van der Waals surface area contributed by atoms with Crippen LogP contribution in [-0.4, -0.2) is 25.5 Å². The van der Waals surface area contributed by atoms with Crippen molar-refractivity contribution in [2.45, 2.75) is 61.9 Å². The number of nitriles is 1. The number of hydrogen-bond donors (Lipinski definition) is 0. The molecule has 2 aliphatic carbocycles. The van der Waals surface area contributed by atoms with E-state index < -0.39 is 0 Å². The maximum atomic E-state index is 9.32. The molecule has 0 aromatic carbocycles. The van der Waals surface area contributed by atoms with E-state index in [4.69, 9.17) is 0 Å². The molecule has 3 rings (SSSR count). The van der Waals surface area contributed by atoms with Crippen molar-refractivity contribution >= 4 is 11.8 Å². The Labute approximate surface area is 117 Å². The molecule has 0 N–H and O–H groups in total. The van der Waals surface area contributed by atoms with Crippen molar-refractivity contribution < 1.29 is 0 Å². The molecule has 19 heavy (non-hydrogen) atoms. The van der Waals surface area contributed by atoms with Gasteiger partial charge in [-0.25, -0.2) is 4.68 Å². The normalized spacial score (nSPS) is 31.1. The summed E-state index contributed by atoms with van der Waals surface area (Å²) in [6.07, 6.45) is 6.92. The molecule has 0 saturated heterocycles. The minimum atomic E-state index is 0.150. The summed E-state index contributed by atoms with van der Waals surface area (Å²) in [7, 11) is 0. The Bertz CT molecular complexity index is 476. The molecule has 1 heterocycles. The van der Waals surface area contributed by atoms with Crippen LogP contribution in [0.5, 0.6) is 0 Å². The van der Waals surface area contributed by atoms with Crippen molar-refractivity contribution in [3.8, 4) is 6.07 Å². The fourth-order valence-electron chi connectivity index (χ4n) is 2.81. The van der Waals surface area contributed by atoms with E-state index in [9.17, 15) is 5.26 Å². The molecule has 1 aromatic heterocycles. The largest absolute Gasteiger partial charge is 0.217 e. The van der Waals surface area contributed by atoms with Crippen molar-refractivity contribution in [1.29, 1.82) is 5.26 Å². The summed E-state index contributed by atoms with van der Waals surface area (Å²) in [5, 5.41) is 22.6. The monoisotopic (exact) mass is 277 g/mol. The maximum Gasteiger partial charge on any atom is 0.209 e. The van der Waals surface area contributed by atoms with E-state index in [1.165, 1.54) is 25.7 Å². The zero-order chi connectivity index (χ0) is 13.2. The molecule has 5 nitrogen and oxygen atoms in total. The van der Waals surface area contributed by atoms with E-state index in [1.807, 2.05) is 4.68 Å². The summed E-state index contributed by atoms with van der Waals surface area (Å²) in [5.41, 5.74) is 0. The minimum Gasteiger partial charge on any atom is -0.217 e. The second-order valence-corrected chi connectivity index (χ2v) is 6.82. The van der Waals surface area contributed by atoms with Crippen LogP contribution in [0.3, 0.4) is 0 Å². The van der Waals surface area contributed by atoms with Gasteiger partial charge in [0.05, 0.1) is 18.0 Å². The van der Waals surface area contributed by atoms with Crippen molar-refractivity contribution in [1.82, 2.24) is 20.2 Å². The van der Waals surface area contributed by atoms with Gasteiger partial charge in [0.2, 0.25) is 5.16 Å². The molecule has 2 aliphatic rings. The molecule has 3 unspecified atom stereocenters. The number of tetrazole rings is 1. The molecule has 0 radical (unpaired) electrons. The predicted molar refractivity (Wildman–Crippen MR) is 72.5 cm³/mol. The third-order valence-electron chi connectivity index (χ3n) is 4.26. The van der Waals surface area contributed by atoms with Gasteiger partial charge in [-0.2, -0.15) is 5.26 Å². The second-order valence-electron chi connectivity index (χ2n) is 5.62. The van der Waals surface area contributed by atoms with Gasteiger partial charge < -0.3 is 0 Å². The van der Waals surface area contributed by atoms with E-state index in [0.29, 0.717) is 11.3 Å². The lowest BCUT2D eigenvalue weighted by atomic mass is 9.81. The number of thioether (sulfide) groups is 1. The quantitative estimate of drug-likeness (QED) is 0.846. The van der Waals surface area contributed by atoms with Gasteiger partial charge in [-0.05, 0) is 48.4 Å². The average Bonchev–Trinajstić information content (AvgIpc) is 3.19. The van der Waals surface area contributed by atoms with E-state index >= 15 is 0 Å². The van der Waals surface area contributed by atoms with E-state index in [0.717, 1.165) is 23.9 Å². The van der Waals surface area contributed by atoms with Gasteiger partial charge >= 0.3 is 0 Å². The summed E-state index contributed by atoms with van der Waals surface area (Å²) in [6, 6.07) is 2.98. The van der Waals surface area contributed by atoms with Crippen LogP contribution >= 0.6 is 11.8 Å². The highest BCUT2D eigenvalue weighted by molar-refractivity contribution is 7.99. The summed E-state index contributed by atoms with van der Waals surface area (Å²) in [6.45, 7) is 2.24. The fourth-order valence-corrected chi connectivity index (χ4v) is 4.18. The van der Waals surface area contributed by atoms with Crippen molar-refractivity contribution in [3.63, 3.8) is 0 Å². The molecule has 0 bridgehead atoms.